The van der Waals surface area contributed by atoms with Crippen LogP contribution in [0.15, 0.2) is 0 Å². The quantitative estimate of drug-likeness (QED) is 0.727. The summed E-state index contributed by atoms with van der Waals surface area (Å²) in [5, 5.41) is 0. The van der Waals surface area contributed by atoms with Gasteiger partial charge in [0.25, 0.3) is 7.52 Å². The highest BCUT2D eigenvalue weighted by Gasteiger charge is 2.32. The standard InChI is InChI=1S/C12H25N2O2P/c1-3-16-17(2,15)14-10-6-12(7-11-14)13-8-4-5-9-13/h12H,3-11H2,1-2H3. The topological polar surface area (TPSA) is 32.8 Å². The summed E-state index contributed by atoms with van der Waals surface area (Å²) < 4.78 is 19.7. The highest BCUT2D eigenvalue weighted by Crippen LogP contribution is 2.48. The molecule has 2 aliphatic heterocycles. The highest BCUT2D eigenvalue weighted by molar-refractivity contribution is 7.55. The lowest BCUT2D eigenvalue weighted by molar-refractivity contribution is 0.156. The Kier molecular flexibility index (Phi) is 4.65. The molecule has 4 nitrogen and oxygen atoms in total. The Morgan fingerprint density at radius 2 is 1.76 bits per heavy atom. The molecular formula is C12H25N2O2P. The SMILES string of the molecule is CCOP(C)(=O)N1CCC(N2CCCC2)CC1. The average molecular weight is 260 g/mol. The van der Waals surface area contributed by atoms with Crippen molar-refractivity contribution in [2.45, 2.75) is 38.6 Å². The Bertz CT molecular complexity index is 284. The zero-order valence-electron chi connectivity index (χ0n) is 11.1. The Labute approximate surface area is 105 Å². The summed E-state index contributed by atoms with van der Waals surface area (Å²) in [6, 6.07) is 0.718. The largest absolute Gasteiger partial charge is 0.318 e. The van der Waals surface area contributed by atoms with Gasteiger partial charge in [-0.05, 0) is 45.7 Å². The maximum Gasteiger partial charge on any atom is 0.269 e. The van der Waals surface area contributed by atoms with Crippen molar-refractivity contribution in [3.8, 4) is 0 Å². The Morgan fingerprint density at radius 1 is 1.18 bits per heavy atom. The van der Waals surface area contributed by atoms with Gasteiger partial charge < -0.3 is 9.42 Å². The van der Waals surface area contributed by atoms with Gasteiger partial charge in [-0.3, -0.25) is 4.57 Å². The first-order chi connectivity index (χ1) is 8.13. The van der Waals surface area contributed by atoms with E-state index in [1.165, 1.54) is 25.9 Å². The lowest BCUT2D eigenvalue weighted by atomic mass is 10.1. The second-order valence-corrected chi connectivity index (χ2v) is 7.58. The molecule has 17 heavy (non-hydrogen) atoms. The minimum Gasteiger partial charge on any atom is -0.318 e. The fraction of sp³-hybridized carbons (Fsp3) is 1.00. The van der Waals surface area contributed by atoms with Crippen molar-refractivity contribution >= 4 is 7.52 Å². The molecule has 0 aromatic rings. The third-order valence-electron chi connectivity index (χ3n) is 3.98. The number of piperidine rings is 1. The third-order valence-corrected chi connectivity index (χ3v) is 6.15. The Hall–Kier alpha value is 0.110. The van der Waals surface area contributed by atoms with Gasteiger partial charge in [0.2, 0.25) is 0 Å². The van der Waals surface area contributed by atoms with E-state index >= 15 is 0 Å². The normalized spacial score (nSPS) is 28.4. The van der Waals surface area contributed by atoms with E-state index in [2.05, 4.69) is 9.57 Å². The van der Waals surface area contributed by atoms with Crippen LogP contribution in [-0.2, 0) is 9.09 Å². The van der Waals surface area contributed by atoms with Gasteiger partial charge >= 0.3 is 0 Å². The molecular weight excluding hydrogens is 235 g/mol. The zero-order valence-corrected chi connectivity index (χ0v) is 12.0. The van der Waals surface area contributed by atoms with Crippen molar-refractivity contribution in [3.63, 3.8) is 0 Å². The number of hydrogen-bond acceptors (Lipinski definition) is 3. The van der Waals surface area contributed by atoms with Gasteiger partial charge in [-0.2, -0.15) is 0 Å². The van der Waals surface area contributed by atoms with E-state index in [-0.39, 0.29) is 0 Å². The van der Waals surface area contributed by atoms with Gasteiger partial charge in [0.05, 0.1) is 6.61 Å². The van der Waals surface area contributed by atoms with E-state index in [0.29, 0.717) is 6.61 Å². The van der Waals surface area contributed by atoms with Gasteiger partial charge in [0.1, 0.15) is 0 Å². The Morgan fingerprint density at radius 3 is 2.29 bits per heavy atom. The van der Waals surface area contributed by atoms with Crippen molar-refractivity contribution in [1.29, 1.82) is 0 Å². The molecule has 0 radical (unpaired) electrons. The fourth-order valence-corrected chi connectivity index (χ4v) is 4.61. The van der Waals surface area contributed by atoms with E-state index in [1.807, 2.05) is 6.92 Å². The van der Waals surface area contributed by atoms with Crippen LogP contribution in [0.3, 0.4) is 0 Å². The van der Waals surface area contributed by atoms with Gasteiger partial charge in [-0.1, -0.05) is 0 Å². The van der Waals surface area contributed by atoms with Crippen LogP contribution in [-0.4, -0.2) is 55.1 Å². The maximum absolute atomic E-state index is 12.3. The predicted octanol–water partition coefficient (Wildman–Crippen LogP) is 2.41. The van der Waals surface area contributed by atoms with E-state index in [1.54, 1.807) is 6.66 Å². The molecule has 2 rings (SSSR count). The molecule has 1 unspecified atom stereocenters. The molecule has 100 valence electrons. The van der Waals surface area contributed by atoms with Gasteiger partial charge in [0, 0.05) is 25.8 Å². The number of hydrogen-bond donors (Lipinski definition) is 0. The number of rotatable bonds is 4. The number of likely N-dealkylation sites (tertiary alicyclic amines) is 1. The van der Waals surface area contributed by atoms with Crippen molar-refractivity contribution in [2.75, 3.05) is 39.5 Å². The molecule has 2 fully saturated rings. The molecule has 0 saturated carbocycles. The van der Waals surface area contributed by atoms with Crippen LogP contribution in [0.25, 0.3) is 0 Å². The average Bonchev–Trinajstić information content (AvgIpc) is 2.82. The summed E-state index contributed by atoms with van der Waals surface area (Å²) in [5.74, 6) is 0. The molecule has 0 N–H and O–H groups in total. The van der Waals surface area contributed by atoms with Crippen LogP contribution in [0.2, 0.25) is 0 Å². The van der Waals surface area contributed by atoms with Gasteiger partial charge in [-0.15, -0.1) is 0 Å². The van der Waals surface area contributed by atoms with Crippen LogP contribution >= 0.6 is 7.52 Å². The van der Waals surface area contributed by atoms with E-state index in [0.717, 1.165) is 32.0 Å². The third kappa shape index (κ3) is 3.31. The summed E-state index contributed by atoms with van der Waals surface area (Å²) in [5.41, 5.74) is 0. The molecule has 1 atom stereocenters. The molecule has 0 aromatic carbocycles. The van der Waals surface area contributed by atoms with Crippen LogP contribution < -0.4 is 0 Å². The van der Waals surface area contributed by atoms with Crippen molar-refractivity contribution < 1.29 is 9.09 Å². The lowest BCUT2D eigenvalue weighted by Gasteiger charge is -2.38. The van der Waals surface area contributed by atoms with Crippen LogP contribution in [0, 0.1) is 0 Å². The molecule has 0 aromatic heterocycles. The summed E-state index contributed by atoms with van der Waals surface area (Å²) >= 11 is 0. The van der Waals surface area contributed by atoms with Crippen molar-refractivity contribution in [3.05, 3.63) is 0 Å². The van der Waals surface area contributed by atoms with Gasteiger partial charge in [-0.25, -0.2) is 4.67 Å². The summed E-state index contributed by atoms with van der Waals surface area (Å²) in [6.07, 6.45) is 4.99. The van der Waals surface area contributed by atoms with Crippen LogP contribution in [0.5, 0.6) is 0 Å². The smallest absolute Gasteiger partial charge is 0.269 e. The molecule has 5 heteroatoms. The second-order valence-electron chi connectivity index (χ2n) is 5.15. The molecule has 0 aliphatic carbocycles. The van der Waals surface area contributed by atoms with E-state index in [4.69, 9.17) is 4.52 Å². The highest BCUT2D eigenvalue weighted by atomic mass is 31.2. The van der Waals surface area contributed by atoms with Crippen molar-refractivity contribution in [1.82, 2.24) is 9.57 Å². The van der Waals surface area contributed by atoms with Crippen LogP contribution in [0.4, 0.5) is 0 Å². The van der Waals surface area contributed by atoms with Gasteiger partial charge in [0.15, 0.2) is 0 Å². The first-order valence-electron chi connectivity index (χ1n) is 6.85. The molecule has 2 saturated heterocycles. The monoisotopic (exact) mass is 260 g/mol. The summed E-state index contributed by atoms with van der Waals surface area (Å²) in [7, 11) is -2.51. The maximum atomic E-state index is 12.3. The fourth-order valence-electron chi connectivity index (χ4n) is 3.01. The predicted molar refractivity (Wildman–Crippen MR) is 70.6 cm³/mol. The molecule has 2 aliphatic rings. The lowest BCUT2D eigenvalue weighted by Crippen LogP contribution is -2.42. The van der Waals surface area contributed by atoms with E-state index < -0.39 is 7.52 Å². The summed E-state index contributed by atoms with van der Waals surface area (Å²) in [4.78, 5) is 2.61. The first kappa shape index (κ1) is 13.5. The minimum absolute atomic E-state index is 0.541. The molecule has 0 amide bonds. The number of nitrogens with zero attached hydrogens (tertiary/aromatic N) is 2. The Balaban J connectivity index is 1.83. The minimum atomic E-state index is -2.51. The first-order valence-corrected chi connectivity index (χ1v) is 8.87. The van der Waals surface area contributed by atoms with Crippen LogP contribution in [0.1, 0.15) is 32.6 Å². The second kappa shape index (κ2) is 5.83. The molecule has 2 heterocycles. The molecule has 0 spiro atoms. The van der Waals surface area contributed by atoms with E-state index in [9.17, 15) is 4.57 Å². The summed E-state index contributed by atoms with van der Waals surface area (Å²) in [6.45, 7) is 8.59. The molecule has 0 bridgehead atoms. The zero-order chi connectivity index (χ0) is 12.3. The van der Waals surface area contributed by atoms with Crippen molar-refractivity contribution in [2.24, 2.45) is 0 Å².